The van der Waals surface area contributed by atoms with Gasteiger partial charge in [0.25, 0.3) is 5.91 Å². The minimum Gasteiger partial charge on any atom is -0.321 e. The number of nitrogens with one attached hydrogen (secondary N) is 1. The van der Waals surface area contributed by atoms with Crippen LogP contribution in [0.25, 0.3) is 0 Å². The first-order valence-electron chi connectivity index (χ1n) is 6.49. The zero-order valence-electron chi connectivity index (χ0n) is 11.7. The van der Waals surface area contributed by atoms with Gasteiger partial charge in [-0.3, -0.25) is 4.79 Å². The van der Waals surface area contributed by atoms with Gasteiger partial charge in [0.15, 0.2) is 0 Å². The lowest BCUT2D eigenvalue weighted by Gasteiger charge is -2.09. The third-order valence-corrected chi connectivity index (χ3v) is 4.21. The first kappa shape index (κ1) is 16.2. The minimum atomic E-state index is -0.203. The molecule has 0 atom stereocenters. The predicted molar refractivity (Wildman–Crippen MR) is 91.9 cm³/mol. The Morgan fingerprint density at radius 2 is 1.90 bits per heavy atom. The van der Waals surface area contributed by atoms with Crippen molar-refractivity contribution >= 4 is 46.6 Å². The molecule has 0 fully saturated rings. The summed E-state index contributed by atoms with van der Waals surface area (Å²) in [5, 5.41) is 4.23. The number of carbonyl (C=O) groups is 1. The molecule has 0 radical (unpaired) electrons. The second-order valence-electron chi connectivity index (χ2n) is 4.77. The van der Waals surface area contributed by atoms with E-state index >= 15 is 0 Å². The van der Waals surface area contributed by atoms with Crippen LogP contribution in [0.15, 0.2) is 47.4 Å². The van der Waals surface area contributed by atoms with Crippen LogP contribution in [-0.2, 0) is 0 Å². The summed E-state index contributed by atoms with van der Waals surface area (Å²) in [7, 11) is 0. The molecule has 2 aromatic rings. The van der Waals surface area contributed by atoms with E-state index in [-0.39, 0.29) is 5.91 Å². The summed E-state index contributed by atoms with van der Waals surface area (Å²) in [6.45, 7) is 4.23. The average molecular weight is 340 g/mol. The highest BCUT2D eigenvalue weighted by atomic mass is 35.5. The lowest BCUT2D eigenvalue weighted by molar-refractivity contribution is 0.102. The fourth-order valence-corrected chi connectivity index (χ4v) is 3.00. The molecule has 21 heavy (non-hydrogen) atoms. The van der Waals surface area contributed by atoms with E-state index in [1.807, 2.05) is 18.2 Å². The molecule has 1 amide bonds. The molecule has 0 spiro atoms. The van der Waals surface area contributed by atoms with E-state index < -0.39 is 0 Å². The maximum atomic E-state index is 12.3. The number of hydrogen-bond donors (Lipinski definition) is 1. The molecule has 1 N–H and O–H groups in total. The van der Waals surface area contributed by atoms with Crippen molar-refractivity contribution in [3.05, 3.63) is 58.1 Å². The third-order valence-electron chi connectivity index (χ3n) is 2.64. The van der Waals surface area contributed by atoms with Crippen LogP contribution in [0.2, 0.25) is 10.0 Å². The van der Waals surface area contributed by atoms with Crippen LogP contribution in [0.3, 0.4) is 0 Å². The predicted octanol–water partition coefficient (Wildman–Crippen LogP) is 5.75. The Morgan fingerprint density at radius 1 is 1.14 bits per heavy atom. The summed E-state index contributed by atoms with van der Waals surface area (Å²) < 4.78 is 0. The highest BCUT2D eigenvalue weighted by Crippen LogP contribution is 2.27. The number of halogens is 2. The lowest BCUT2D eigenvalue weighted by atomic mass is 10.2. The SMILES string of the molecule is CC(C)Sc1cccc(C(=O)Nc2cc(Cl)ccc2Cl)c1. The number of thioether (sulfide) groups is 1. The van der Waals surface area contributed by atoms with Gasteiger partial charge >= 0.3 is 0 Å². The van der Waals surface area contributed by atoms with Crippen molar-refractivity contribution in [1.82, 2.24) is 0 Å². The number of hydrogen-bond acceptors (Lipinski definition) is 2. The van der Waals surface area contributed by atoms with Gasteiger partial charge in [-0.2, -0.15) is 0 Å². The van der Waals surface area contributed by atoms with Crippen LogP contribution in [0.1, 0.15) is 24.2 Å². The minimum absolute atomic E-state index is 0.203. The Balaban J connectivity index is 2.18. The van der Waals surface area contributed by atoms with Crippen molar-refractivity contribution in [2.24, 2.45) is 0 Å². The molecule has 0 aliphatic heterocycles. The zero-order chi connectivity index (χ0) is 15.4. The van der Waals surface area contributed by atoms with Gasteiger partial charge in [-0.25, -0.2) is 0 Å². The molecule has 0 aliphatic carbocycles. The normalized spacial score (nSPS) is 10.7. The molecular formula is C16H15Cl2NOS. The summed E-state index contributed by atoms with van der Waals surface area (Å²) >= 11 is 13.7. The second kappa shape index (κ2) is 7.21. The molecule has 0 saturated heterocycles. The molecule has 0 aromatic heterocycles. The Labute approximate surface area is 138 Å². The summed E-state index contributed by atoms with van der Waals surface area (Å²) in [6, 6.07) is 12.5. The molecular weight excluding hydrogens is 325 g/mol. The van der Waals surface area contributed by atoms with Crippen LogP contribution in [0.5, 0.6) is 0 Å². The Bertz CT molecular complexity index is 658. The smallest absolute Gasteiger partial charge is 0.255 e. The Morgan fingerprint density at radius 3 is 2.62 bits per heavy atom. The molecule has 5 heteroatoms. The van der Waals surface area contributed by atoms with Gasteiger partial charge in [-0.1, -0.05) is 43.1 Å². The van der Waals surface area contributed by atoms with E-state index in [9.17, 15) is 4.79 Å². The molecule has 2 nitrogen and oxygen atoms in total. The van der Waals surface area contributed by atoms with Crippen LogP contribution in [-0.4, -0.2) is 11.2 Å². The fourth-order valence-electron chi connectivity index (χ4n) is 1.77. The van der Waals surface area contributed by atoms with Crippen molar-refractivity contribution in [3.8, 4) is 0 Å². The van der Waals surface area contributed by atoms with E-state index in [4.69, 9.17) is 23.2 Å². The summed E-state index contributed by atoms with van der Waals surface area (Å²) in [5.41, 5.74) is 1.10. The van der Waals surface area contributed by atoms with Crippen molar-refractivity contribution in [1.29, 1.82) is 0 Å². The second-order valence-corrected chi connectivity index (χ2v) is 7.27. The molecule has 0 unspecified atom stereocenters. The average Bonchev–Trinajstić information content (AvgIpc) is 2.42. The summed E-state index contributed by atoms with van der Waals surface area (Å²) in [6.07, 6.45) is 0. The molecule has 110 valence electrons. The third kappa shape index (κ3) is 4.67. The van der Waals surface area contributed by atoms with Crippen molar-refractivity contribution < 1.29 is 4.79 Å². The van der Waals surface area contributed by atoms with Gasteiger partial charge in [0.05, 0.1) is 10.7 Å². The first-order chi connectivity index (χ1) is 9.95. The molecule has 2 rings (SSSR count). The number of anilines is 1. The number of benzene rings is 2. The van der Waals surface area contributed by atoms with E-state index in [1.54, 1.807) is 36.0 Å². The molecule has 0 bridgehead atoms. The zero-order valence-corrected chi connectivity index (χ0v) is 14.0. The highest BCUT2D eigenvalue weighted by molar-refractivity contribution is 7.99. The van der Waals surface area contributed by atoms with Crippen LogP contribution < -0.4 is 5.32 Å². The number of carbonyl (C=O) groups excluding carboxylic acids is 1. The van der Waals surface area contributed by atoms with E-state index in [1.165, 1.54) is 0 Å². The van der Waals surface area contributed by atoms with Crippen molar-refractivity contribution in [3.63, 3.8) is 0 Å². The number of rotatable bonds is 4. The van der Waals surface area contributed by atoms with Crippen LogP contribution >= 0.6 is 35.0 Å². The van der Waals surface area contributed by atoms with Gasteiger partial charge in [-0.05, 0) is 36.4 Å². The van der Waals surface area contributed by atoms with E-state index in [2.05, 4.69) is 19.2 Å². The molecule has 0 heterocycles. The Kier molecular flexibility index (Phi) is 5.57. The maximum Gasteiger partial charge on any atom is 0.255 e. The Hall–Kier alpha value is -1.16. The van der Waals surface area contributed by atoms with Crippen molar-refractivity contribution in [2.75, 3.05) is 5.32 Å². The van der Waals surface area contributed by atoms with Crippen molar-refractivity contribution in [2.45, 2.75) is 24.0 Å². The fraction of sp³-hybridized carbons (Fsp3) is 0.188. The lowest BCUT2D eigenvalue weighted by Crippen LogP contribution is -2.12. The van der Waals surface area contributed by atoms with Crippen LogP contribution in [0.4, 0.5) is 5.69 Å². The molecule has 2 aromatic carbocycles. The van der Waals surface area contributed by atoms with Gasteiger partial charge in [0, 0.05) is 20.7 Å². The van der Waals surface area contributed by atoms with Gasteiger partial charge in [0.1, 0.15) is 0 Å². The standard InChI is InChI=1S/C16H15Cl2NOS/c1-10(2)21-13-5-3-4-11(8-13)16(20)19-15-9-12(17)6-7-14(15)18/h3-10H,1-2H3,(H,19,20). The topological polar surface area (TPSA) is 29.1 Å². The van der Waals surface area contributed by atoms with Gasteiger partial charge < -0.3 is 5.32 Å². The summed E-state index contributed by atoms with van der Waals surface area (Å²) in [4.78, 5) is 13.4. The summed E-state index contributed by atoms with van der Waals surface area (Å²) in [5.74, 6) is -0.203. The largest absolute Gasteiger partial charge is 0.321 e. The monoisotopic (exact) mass is 339 g/mol. The molecule has 0 saturated carbocycles. The van der Waals surface area contributed by atoms with Gasteiger partial charge in [0.2, 0.25) is 0 Å². The van der Waals surface area contributed by atoms with Gasteiger partial charge in [-0.15, -0.1) is 11.8 Å². The first-order valence-corrected chi connectivity index (χ1v) is 8.12. The van der Waals surface area contributed by atoms with E-state index in [0.717, 1.165) is 4.90 Å². The maximum absolute atomic E-state index is 12.3. The van der Waals surface area contributed by atoms with E-state index in [0.29, 0.717) is 26.5 Å². The molecule has 0 aliphatic rings. The number of amides is 1. The quantitative estimate of drug-likeness (QED) is 0.719. The van der Waals surface area contributed by atoms with Crippen LogP contribution in [0, 0.1) is 0 Å². The highest BCUT2D eigenvalue weighted by Gasteiger charge is 2.10.